The van der Waals surface area contributed by atoms with Crippen molar-refractivity contribution < 1.29 is 18.7 Å². The zero-order valence-electron chi connectivity index (χ0n) is 11.4. The van der Waals surface area contributed by atoms with Crippen molar-refractivity contribution in [2.24, 2.45) is 0 Å². The van der Waals surface area contributed by atoms with Crippen LogP contribution in [0.3, 0.4) is 0 Å². The van der Waals surface area contributed by atoms with Crippen molar-refractivity contribution >= 4 is 11.9 Å². The maximum atomic E-state index is 11.9. The van der Waals surface area contributed by atoms with E-state index in [4.69, 9.17) is 4.42 Å². The molecular weight excluding hydrogens is 276 g/mol. The predicted octanol–water partition coefficient (Wildman–Crippen LogP) is 0.544. The maximum absolute atomic E-state index is 11.9. The summed E-state index contributed by atoms with van der Waals surface area (Å²) in [6, 6.07) is 7.55. The van der Waals surface area contributed by atoms with Crippen LogP contribution < -0.4 is 10.9 Å². The van der Waals surface area contributed by atoms with Gasteiger partial charge in [-0.25, -0.2) is 4.79 Å². The minimum atomic E-state index is -0.675. The summed E-state index contributed by atoms with van der Waals surface area (Å²) in [4.78, 5) is 35.2. The molecule has 0 unspecified atom stereocenters. The summed E-state index contributed by atoms with van der Waals surface area (Å²) < 4.78 is 10.7. The molecule has 1 amide bonds. The summed E-state index contributed by atoms with van der Waals surface area (Å²) in [6.07, 6.45) is 1.50. The summed E-state index contributed by atoms with van der Waals surface area (Å²) in [5.41, 5.74) is -0.427. The first kappa shape index (κ1) is 14.6. The van der Waals surface area contributed by atoms with E-state index >= 15 is 0 Å². The van der Waals surface area contributed by atoms with Crippen LogP contribution in [0.25, 0.3) is 0 Å². The summed E-state index contributed by atoms with van der Waals surface area (Å²) in [5, 5.41) is 2.60. The number of hydrogen-bond donors (Lipinski definition) is 1. The molecule has 1 N–H and O–H groups in total. The average Bonchev–Trinajstić information content (AvgIpc) is 3.00. The van der Waals surface area contributed by atoms with E-state index in [9.17, 15) is 14.4 Å². The van der Waals surface area contributed by atoms with E-state index in [-0.39, 0.29) is 18.8 Å². The van der Waals surface area contributed by atoms with Crippen LogP contribution in [0.2, 0.25) is 0 Å². The highest BCUT2D eigenvalue weighted by Crippen LogP contribution is 2.01. The lowest BCUT2D eigenvalue weighted by atomic mass is 10.3. The molecule has 0 saturated carbocycles. The molecule has 0 saturated heterocycles. The fourth-order valence-corrected chi connectivity index (χ4v) is 1.76. The third-order valence-corrected chi connectivity index (χ3v) is 2.79. The van der Waals surface area contributed by atoms with Crippen molar-refractivity contribution in [1.29, 1.82) is 0 Å². The lowest BCUT2D eigenvalue weighted by Crippen LogP contribution is -2.34. The van der Waals surface area contributed by atoms with Crippen molar-refractivity contribution in [3.8, 4) is 0 Å². The number of ether oxygens (including phenoxy) is 1. The monoisotopic (exact) mass is 290 g/mol. The number of carbonyl (C=O) groups is 2. The standard InChI is InChI=1S/C14H14N2O5/c1-20-14(19)11-5-2-6-13(18)16(11)9-12(17)15-8-10-4-3-7-21-10/h2-7H,8-9H2,1H3,(H,15,17). The highest BCUT2D eigenvalue weighted by Gasteiger charge is 2.14. The van der Waals surface area contributed by atoms with Crippen LogP contribution >= 0.6 is 0 Å². The highest BCUT2D eigenvalue weighted by molar-refractivity contribution is 5.88. The molecule has 0 aliphatic heterocycles. The number of nitrogens with one attached hydrogen (secondary N) is 1. The predicted molar refractivity (Wildman–Crippen MR) is 72.6 cm³/mol. The number of aromatic nitrogens is 1. The van der Waals surface area contributed by atoms with Crippen molar-refractivity contribution in [1.82, 2.24) is 9.88 Å². The van der Waals surface area contributed by atoms with Crippen LogP contribution in [-0.2, 0) is 22.6 Å². The first-order valence-electron chi connectivity index (χ1n) is 6.19. The Bertz CT molecular complexity index is 688. The second-order valence-corrected chi connectivity index (χ2v) is 4.18. The van der Waals surface area contributed by atoms with E-state index in [1.165, 1.54) is 31.6 Å². The molecule has 2 rings (SSSR count). The van der Waals surface area contributed by atoms with E-state index in [1.807, 2.05) is 0 Å². The number of furan rings is 1. The smallest absolute Gasteiger partial charge is 0.354 e. The van der Waals surface area contributed by atoms with Crippen LogP contribution in [0, 0.1) is 0 Å². The molecule has 0 bridgehead atoms. The van der Waals surface area contributed by atoms with Crippen molar-refractivity contribution in [2.45, 2.75) is 13.1 Å². The molecule has 0 atom stereocenters. The number of nitrogens with zero attached hydrogens (tertiary/aromatic N) is 1. The normalized spacial score (nSPS) is 10.1. The Balaban J connectivity index is 2.09. The lowest BCUT2D eigenvalue weighted by Gasteiger charge is -2.10. The molecule has 0 radical (unpaired) electrons. The zero-order valence-corrected chi connectivity index (χ0v) is 11.4. The lowest BCUT2D eigenvalue weighted by molar-refractivity contribution is -0.122. The van der Waals surface area contributed by atoms with Crippen LogP contribution in [-0.4, -0.2) is 23.6 Å². The summed E-state index contributed by atoms with van der Waals surface area (Å²) >= 11 is 0. The molecule has 2 heterocycles. The molecule has 110 valence electrons. The Morgan fingerprint density at radius 2 is 2.10 bits per heavy atom. The molecule has 0 spiro atoms. The minimum absolute atomic E-state index is 0.0261. The summed E-state index contributed by atoms with van der Waals surface area (Å²) in [7, 11) is 1.21. The van der Waals surface area contributed by atoms with Gasteiger partial charge < -0.3 is 14.5 Å². The zero-order chi connectivity index (χ0) is 15.2. The Morgan fingerprint density at radius 3 is 2.76 bits per heavy atom. The Kier molecular flexibility index (Phi) is 4.55. The Labute approximate surface area is 120 Å². The van der Waals surface area contributed by atoms with Crippen LogP contribution in [0.1, 0.15) is 16.2 Å². The number of carbonyl (C=O) groups excluding carboxylic acids is 2. The van der Waals surface area contributed by atoms with E-state index in [2.05, 4.69) is 10.1 Å². The van der Waals surface area contributed by atoms with Crippen LogP contribution in [0.15, 0.2) is 45.8 Å². The van der Waals surface area contributed by atoms with Crippen molar-refractivity contribution in [2.75, 3.05) is 7.11 Å². The number of amides is 1. The van der Waals surface area contributed by atoms with Gasteiger partial charge in [-0.2, -0.15) is 0 Å². The van der Waals surface area contributed by atoms with E-state index < -0.39 is 17.4 Å². The largest absolute Gasteiger partial charge is 0.467 e. The van der Waals surface area contributed by atoms with Gasteiger partial charge in [-0.15, -0.1) is 0 Å². The van der Waals surface area contributed by atoms with Gasteiger partial charge in [0.1, 0.15) is 18.0 Å². The van der Waals surface area contributed by atoms with E-state index in [1.54, 1.807) is 12.1 Å². The summed E-state index contributed by atoms with van der Waals surface area (Å²) in [6.45, 7) is -0.0637. The molecule has 0 fully saturated rings. The second kappa shape index (κ2) is 6.56. The summed E-state index contributed by atoms with van der Waals surface area (Å²) in [5.74, 6) is -0.492. The maximum Gasteiger partial charge on any atom is 0.354 e. The number of pyridine rings is 1. The van der Waals surface area contributed by atoms with Gasteiger partial charge in [0, 0.05) is 6.07 Å². The molecule has 21 heavy (non-hydrogen) atoms. The first-order chi connectivity index (χ1) is 10.1. The number of methoxy groups -OCH3 is 1. The Hall–Kier alpha value is -2.83. The minimum Gasteiger partial charge on any atom is -0.467 e. The SMILES string of the molecule is COC(=O)c1cccc(=O)n1CC(=O)NCc1ccco1. The fraction of sp³-hybridized carbons (Fsp3) is 0.214. The third-order valence-electron chi connectivity index (χ3n) is 2.79. The van der Waals surface area contributed by atoms with Crippen LogP contribution in [0.5, 0.6) is 0 Å². The molecule has 2 aromatic heterocycles. The number of hydrogen-bond acceptors (Lipinski definition) is 5. The quantitative estimate of drug-likeness (QED) is 0.812. The van der Waals surface area contributed by atoms with E-state index in [0.29, 0.717) is 5.76 Å². The number of esters is 1. The Morgan fingerprint density at radius 1 is 1.29 bits per heavy atom. The number of rotatable bonds is 5. The second-order valence-electron chi connectivity index (χ2n) is 4.18. The van der Waals surface area contributed by atoms with Gasteiger partial charge in [0.05, 0.1) is 19.9 Å². The third kappa shape index (κ3) is 3.59. The topological polar surface area (TPSA) is 90.5 Å². The fourth-order valence-electron chi connectivity index (χ4n) is 1.76. The van der Waals surface area contributed by atoms with Gasteiger partial charge in [-0.3, -0.25) is 14.2 Å². The van der Waals surface area contributed by atoms with Crippen LogP contribution in [0.4, 0.5) is 0 Å². The molecule has 7 heteroatoms. The molecule has 0 aliphatic rings. The van der Waals surface area contributed by atoms with Crippen molar-refractivity contribution in [3.05, 3.63) is 58.4 Å². The average molecular weight is 290 g/mol. The van der Waals surface area contributed by atoms with Gasteiger partial charge in [0.25, 0.3) is 5.56 Å². The molecule has 2 aromatic rings. The molecular formula is C14H14N2O5. The van der Waals surface area contributed by atoms with Gasteiger partial charge in [-0.05, 0) is 18.2 Å². The molecule has 7 nitrogen and oxygen atoms in total. The molecule has 0 aromatic carbocycles. The molecule has 0 aliphatic carbocycles. The van der Waals surface area contributed by atoms with Gasteiger partial charge >= 0.3 is 5.97 Å². The van der Waals surface area contributed by atoms with E-state index in [0.717, 1.165) is 4.57 Å². The highest BCUT2D eigenvalue weighted by atomic mass is 16.5. The van der Waals surface area contributed by atoms with Gasteiger partial charge in [0.15, 0.2) is 0 Å². The van der Waals surface area contributed by atoms with Gasteiger partial charge in [-0.1, -0.05) is 6.07 Å². The first-order valence-corrected chi connectivity index (χ1v) is 6.19. The van der Waals surface area contributed by atoms with Crippen molar-refractivity contribution in [3.63, 3.8) is 0 Å². The van der Waals surface area contributed by atoms with Gasteiger partial charge in [0.2, 0.25) is 5.91 Å².